The average Bonchev–Trinajstić information content (AvgIpc) is 0.868. The number of benzene rings is 2. The molecule has 0 aliphatic carbocycles. The van der Waals surface area contributed by atoms with Gasteiger partial charge >= 0.3 is 0 Å². The monoisotopic (exact) mass is 1590 g/mol. The number of nitrogens with zero attached hydrogens (tertiary/aromatic N) is 1. The van der Waals surface area contributed by atoms with E-state index >= 15 is 0 Å². The number of carbonyl (C=O) groups excluding carboxylic acids is 18. The third-order valence-electron chi connectivity index (χ3n) is 17.6. The number of aliphatic hydroxyl groups excluding tert-OH is 1. The van der Waals surface area contributed by atoms with Crippen molar-refractivity contribution in [1.82, 2.24) is 69.1 Å². The zero-order valence-electron chi connectivity index (χ0n) is 64.7. The highest BCUT2D eigenvalue weighted by Gasteiger charge is 2.39. The number of nitrogens with one attached hydrogen (secondary N) is 13. The molecular weight excluding hydrogens is 1480 g/mol. The first-order valence-corrected chi connectivity index (χ1v) is 36.6. The van der Waals surface area contributed by atoms with Crippen LogP contribution in [0.4, 0.5) is 0 Å². The van der Waals surface area contributed by atoms with Crippen LogP contribution in [0.5, 0.6) is 0 Å². The summed E-state index contributed by atoms with van der Waals surface area (Å²) in [6, 6.07) is -6.22. The van der Waals surface area contributed by atoms with Crippen LogP contribution in [0, 0.1) is 17.8 Å². The largest absolute Gasteiger partial charge is 0.394 e. The van der Waals surface area contributed by atoms with Crippen molar-refractivity contribution < 1.29 is 91.4 Å². The lowest BCUT2D eigenvalue weighted by atomic mass is 9.96. The molecule has 42 heteroatoms. The first-order valence-electron chi connectivity index (χ1n) is 36.6. The Balaban J connectivity index is 2.33. The normalized spacial score (nSPS) is 14.7. The van der Waals surface area contributed by atoms with Crippen LogP contribution in [0.2, 0.25) is 0 Å². The molecule has 0 radical (unpaired) electrons. The molecule has 2 aromatic carbocycles. The van der Waals surface area contributed by atoms with Crippen molar-refractivity contribution in [3.63, 3.8) is 0 Å². The van der Waals surface area contributed by atoms with E-state index in [1.807, 2.05) is 0 Å². The van der Waals surface area contributed by atoms with Gasteiger partial charge in [0.05, 0.1) is 25.9 Å². The summed E-state index contributed by atoms with van der Waals surface area (Å²) in [5.74, 6) is -21.6. The molecule has 0 spiro atoms. The van der Waals surface area contributed by atoms with Crippen LogP contribution in [-0.4, -0.2) is 216 Å². The second kappa shape index (κ2) is 49.3. The number of amides is 18. The standard InChI is InChI=1S/C71H113N23O19/c1-9-36(6)56(70(113)90-47(30-52(76)98)64(107)87-46(29-51(75)97)65(108)91-49(33-95)67(110)93-55(35(4)5)69(112)88-45(28-39-16-11-10-12-17-39)63(106)84-42(57(78)100)19-15-27-81-71(79)80)94-66(109)48(31-53(77)99)89-68(111)54(34(2)3)92-59(102)38(8)82-58(101)37(7)83-61(104)44(24-25-50(74)96)86-62(105)43(18-13-14-26-72)85-60(103)41-22-20-40(32-73)21-23-41/h10-12,16-17,20-23,34-38,42-49,54-56,95H,9,13-15,18-19,24-33,72-73H2,1-8H3,(H2,74,96)(H2,75,97)(H2,76,98)(H2,77,99)(H2,78,100)(H,82,101)(H,83,104)(H,84,106)(H,85,103)(H,86,105)(H,87,107)(H,88,112)(H,89,111)(H,90,113)(H,91,108)(H,92,102)(H,93,110)(H,94,109)(H4,79,80,81)/t36-,37-,38-,42-,43-,44-,45-,46-,47-,48-,49-,54-,55-,56-/m0/s1. The van der Waals surface area contributed by atoms with Crippen molar-refractivity contribution in [3.8, 4) is 0 Å². The minimum Gasteiger partial charge on any atom is -0.394 e. The fourth-order valence-electron chi connectivity index (χ4n) is 10.8. The number of unbranched alkanes of at least 4 members (excludes halogenated alkanes) is 1. The molecule has 0 heterocycles. The highest BCUT2D eigenvalue weighted by atomic mass is 16.3. The lowest BCUT2D eigenvalue weighted by Gasteiger charge is -2.30. The topological polar surface area (TPSA) is 730 Å². The minimum atomic E-state index is -2.04. The maximum absolute atomic E-state index is 14.3. The van der Waals surface area contributed by atoms with Crippen LogP contribution in [0.25, 0.3) is 0 Å². The van der Waals surface area contributed by atoms with Gasteiger partial charge in [-0.1, -0.05) is 90.4 Å². The van der Waals surface area contributed by atoms with Crippen molar-refractivity contribution in [2.45, 2.75) is 218 Å². The van der Waals surface area contributed by atoms with E-state index in [0.717, 1.165) is 5.56 Å². The molecular formula is C71H113N23O19. The number of rotatable bonds is 52. The summed E-state index contributed by atoms with van der Waals surface area (Å²) in [5, 5.41) is 41.7. The van der Waals surface area contributed by atoms with Crippen molar-refractivity contribution >= 4 is 112 Å². The van der Waals surface area contributed by atoms with Crippen LogP contribution in [0.15, 0.2) is 59.6 Å². The van der Waals surface area contributed by atoms with Crippen LogP contribution in [0.3, 0.4) is 0 Å². The van der Waals surface area contributed by atoms with E-state index in [1.165, 1.54) is 60.6 Å². The van der Waals surface area contributed by atoms with Crippen LogP contribution in [-0.2, 0) is 94.5 Å². The first kappa shape index (κ1) is 97.1. The van der Waals surface area contributed by atoms with Gasteiger partial charge in [-0.05, 0) is 99.9 Å². The number of hydrogen-bond acceptors (Lipinski definition) is 22. The summed E-state index contributed by atoms with van der Waals surface area (Å²) in [5.41, 5.74) is 51.1. The van der Waals surface area contributed by atoms with E-state index in [9.17, 15) is 91.4 Å². The molecule has 14 atom stereocenters. The van der Waals surface area contributed by atoms with Crippen molar-refractivity contribution in [2.24, 2.45) is 74.3 Å². The fourth-order valence-corrected chi connectivity index (χ4v) is 10.8. The quantitative estimate of drug-likeness (QED) is 0.0166. The summed E-state index contributed by atoms with van der Waals surface area (Å²) in [7, 11) is 0. The van der Waals surface area contributed by atoms with E-state index in [4.69, 9.17) is 51.6 Å². The Bertz CT molecular complexity index is 3680. The van der Waals surface area contributed by atoms with Gasteiger partial charge in [0.1, 0.15) is 78.5 Å². The van der Waals surface area contributed by atoms with Crippen molar-refractivity contribution in [2.75, 3.05) is 19.7 Å². The molecule has 42 nitrogen and oxygen atoms in total. The molecule has 113 heavy (non-hydrogen) atoms. The van der Waals surface area contributed by atoms with Gasteiger partial charge in [0.15, 0.2) is 5.96 Å². The third kappa shape index (κ3) is 35.3. The van der Waals surface area contributed by atoms with E-state index in [2.05, 4.69) is 74.1 Å². The first-order chi connectivity index (χ1) is 53.1. The van der Waals surface area contributed by atoms with E-state index in [0.29, 0.717) is 18.4 Å². The van der Waals surface area contributed by atoms with Crippen LogP contribution >= 0.6 is 0 Å². The van der Waals surface area contributed by atoms with Gasteiger partial charge in [-0.15, -0.1) is 0 Å². The Morgan fingerprint density at radius 1 is 0.381 bits per heavy atom. The van der Waals surface area contributed by atoms with E-state index in [1.54, 1.807) is 49.4 Å². The number of carbonyl (C=O) groups is 18. The molecule has 0 saturated carbocycles. The highest BCUT2D eigenvalue weighted by molar-refractivity contribution is 6.03. The maximum Gasteiger partial charge on any atom is 0.251 e. The summed E-state index contributed by atoms with van der Waals surface area (Å²) < 4.78 is 0. The molecule has 0 aliphatic rings. The molecule has 0 bridgehead atoms. The van der Waals surface area contributed by atoms with Crippen LogP contribution < -0.4 is 121 Å². The van der Waals surface area contributed by atoms with Gasteiger partial charge in [-0.25, -0.2) is 0 Å². The molecule has 0 saturated heterocycles. The summed E-state index contributed by atoms with van der Waals surface area (Å²) in [6.07, 6.45) is -2.56. The molecule has 0 fully saturated rings. The van der Waals surface area contributed by atoms with Gasteiger partial charge in [-0.3, -0.25) is 91.3 Å². The Kier molecular flexibility index (Phi) is 42.4. The van der Waals surface area contributed by atoms with Gasteiger partial charge < -0.3 is 126 Å². The number of primary amides is 5. The average molecular weight is 1590 g/mol. The van der Waals surface area contributed by atoms with E-state index < -0.39 is 235 Å². The predicted octanol–water partition coefficient (Wildman–Crippen LogP) is -8.75. The molecule has 0 aliphatic heterocycles. The Hall–Kier alpha value is -12.0. The number of aliphatic hydroxyl groups is 1. The summed E-state index contributed by atoms with van der Waals surface area (Å²) in [6.45, 7) is 10.9. The molecule has 2 rings (SSSR count). The minimum absolute atomic E-state index is 0.00506. The lowest BCUT2D eigenvalue weighted by molar-refractivity contribution is -0.138. The van der Waals surface area contributed by atoms with E-state index in [-0.39, 0.29) is 69.7 Å². The Labute approximate surface area is 653 Å². The second-order valence-electron chi connectivity index (χ2n) is 27.7. The number of guanidine groups is 1. The zero-order chi connectivity index (χ0) is 85.5. The molecule has 0 aromatic heterocycles. The third-order valence-corrected chi connectivity index (χ3v) is 17.6. The van der Waals surface area contributed by atoms with Gasteiger partial charge in [0, 0.05) is 31.5 Å². The highest BCUT2D eigenvalue weighted by Crippen LogP contribution is 2.15. The number of nitrogens with two attached hydrogens (primary N) is 9. The van der Waals surface area contributed by atoms with Gasteiger partial charge in [0.2, 0.25) is 100 Å². The maximum atomic E-state index is 14.3. The summed E-state index contributed by atoms with van der Waals surface area (Å²) in [4.78, 5) is 246. The van der Waals surface area contributed by atoms with Gasteiger partial charge in [0.25, 0.3) is 5.91 Å². The Morgan fingerprint density at radius 3 is 1.23 bits per heavy atom. The predicted molar refractivity (Wildman–Crippen MR) is 408 cm³/mol. The lowest BCUT2D eigenvalue weighted by Crippen LogP contribution is -2.62. The van der Waals surface area contributed by atoms with Crippen LogP contribution in [0.1, 0.15) is 148 Å². The molecule has 18 amide bonds. The smallest absolute Gasteiger partial charge is 0.251 e. The summed E-state index contributed by atoms with van der Waals surface area (Å²) >= 11 is 0. The fraction of sp³-hybridized carbons (Fsp3) is 0.563. The van der Waals surface area contributed by atoms with Crippen molar-refractivity contribution in [3.05, 3.63) is 71.3 Å². The SMILES string of the molecule is CC[C@H](C)[C@H](NC(=O)[C@H](CC(N)=O)NC(=O)[C@@H](NC(=O)[C@H](C)NC(=O)[C@H](C)NC(=O)[C@H](CCC(N)=O)NC(=O)[C@H](CCCCN)NC(=O)c1ccc(CN)cc1)C(C)C)C(=O)N[C@@H](CC(N)=O)C(=O)N[C@@H](CC(N)=O)C(=O)N[C@@H](CO)C(=O)N[C@H](C(=O)N[C@@H](Cc1ccccc1)C(=O)N[C@@H](CCCN=C(N)N)C(N)=O)C(C)C. The number of aliphatic imine (C=N–C) groups is 1. The molecule has 2 aromatic rings. The molecule has 0 unspecified atom stereocenters. The van der Waals surface area contributed by atoms with Gasteiger partial charge in [-0.2, -0.15) is 0 Å². The van der Waals surface area contributed by atoms with Crippen molar-refractivity contribution in [1.29, 1.82) is 0 Å². The molecule has 626 valence electrons. The zero-order valence-corrected chi connectivity index (χ0v) is 64.7. The molecule has 32 N–H and O–H groups in total. The second-order valence-corrected chi connectivity index (χ2v) is 27.7. The Morgan fingerprint density at radius 2 is 0.770 bits per heavy atom. The number of hydrogen-bond donors (Lipinski definition) is 23.